The highest BCUT2D eigenvalue weighted by Crippen LogP contribution is 2.40. The first-order chi connectivity index (χ1) is 16.4. The molecule has 0 unspecified atom stereocenters. The molecular weight excluding hydrogens is 440 g/mol. The molecule has 4 aromatic rings. The Bertz CT molecular complexity index is 1650. The number of halogens is 2. The summed E-state index contributed by atoms with van der Waals surface area (Å²) in [5.74, 6) is -2.65. The van der Waals surface area contributed by atoms with Crippen LogP contribution in [0.25, 0.3) is 33.5 Å². The number of allylic oxidation sites excluding steroid dienone is 5. The van der Waals surface area contributed by atoms with Gasteiger partial charge in [-0.2, -0.15) is 0 Å². The zero-order valence-electron chi connectivity index (χ0n) is 17.8. The van der Waals surface area contributed by atoms with Gasteiger partial charge in [0, 0.05) is 23.1 Å². The lowest BCUT2D eigenvalue weighted by Crippen LogP contribution is -2.14. The predicted molar refractivity (Wildman–Crippen MR) is 124 cm³/mol. The van der Waals surface area contributed by atoms with Gasteiger partial charge in [-0.3, -0.25) is 4.79 Å². The minimum absolute atomic E-state index is 0.118. The third kappa shape index (κ3) is 2.90. The first-order valence-electron chi connectivity index (χ1n) is 10.8. The maximum atomic E-state index is 15.0. The summed E-state index contributed by atoms with van der Waals surface area (Å²) in [6.07, 6.45) is 10.8. The molecule has 0 atom stereocenters. The lowest BCUT2D eigenvalue weighted by molar-refractivity contribution is -0.113. The number of aromatic nitrogens is 1. The average Bonchev–Trinajstić information content (AvgIpc) is 3.52. The first kappa shape index (κ1) is 20.4. The summed E-state index contributed by atoms with van der Waals surface area (Å²) >= 11 is 0. The Hall–Kier alpha value is -4.26. The maximum Gasteiger partial charge on any atom is 0.353 e. The SMILES string of the molecule is O=C1CC=CC=C1c1c(C(=O)O)n(Cc2cc3c(cc2F)C=CC3)c2cc(F)c3ccoc3c12. The second kappa shape index (κ2) is 7.38. The fourth-order valence-corrected chi connectivity index (χ4v) is 4.94. The molecule has 0 aliphatic heterocycles. The molecule has 7 heteroatoms. The van der Waals surface area contributed by atoms with Crippen molar-refractivity contribution < 1.29 is 27.9 Å². The minimum Gasteiger partial charge on any atom is -0.477 e. The van der Waals surface area contributed by atoms with Crippen LogP contribution in [0.4, 0.5) is 8.78 Å². The number of hydrogen-bond donors (Lipinski definition) is 1. The molecule has 2 aliphatic rings. The van der Waals surface area contributed by atoms with Gasteiger partial charge in [-0.15, -0.1) is 0 Å². The first-order valence-corrected chi connectivity index (χ1v) is 10.8. The third-order valence-corrected chi connectivity index (χ3v) is 6.46. The molecule has 2 aromatic heterocycles. The third-order valence-electron chi connectivity index (χ3n) is 6.46. The van der Waals surface area contributed by atoms with E-state index in [1.165, 1.54) is 29.0 Å². The number of ketones is 1. The summed E-state index contributed by atoms with van der Waals surface area (Å²) in [7, 11) is 0. The molecule has 1 N–H and O–H groups in total. The summed E-state index contributed by atoms with van der Waals surface area (Å²) in [6, 6.07) is 5.80. The van der Waals surface area contributed by atoms with Gasteiger partial charge in [-0.1, -0.05) is 36.4 Å². The second-order valence-electron chi connectivity index (χ2n) is 8.42. The summed E-state index contributed by atoms with van der Waals surface area (Å²) in [5, 5.41) is 10.7. The van der Waals surface area contributed by atoms with Gasteiger partial charge in [0.1, 0.15) is 22.9 Å². The van der Waals surface area contributed by atoms with Crippen molar-refractivity contribution in [1.29, 1.82) is 0 Å². The molecule has 0 fully saturated rings. The Morgan fingerprint density at radius 3 is 2.76 bits per heavy atom. The molecule has 2 heterocycles. The van der Waals surface area contributed by atoms with Crippen LogP contribution in [-0.2, 0) is 17.8 Å². The van der Waals surface area contributed by atoms with E-state index in [0.29, 0.717) is 11.8 Å². The van der Waals surface area contributed by atoms with Crippen molar-refractivity contribution in [3.05, 3.63) is 94.4 Å². The number of nitrogens with zero attached hydrogens (tertiary/aromatic N) is 1. The van der Waals surface area contributed by atoms with Crippen molar-refractivity contribution >= 4 is 45.3 Å². The van der Waals surface area contributed by atoms with Gasteiger partial charge in [0.2, 0.25) is 0 Å². The van der Waals surface area contributed by atoms with Crippen LogP contribution >= 0.6 is 0 Å². The van der Waals surface area contributed by atoms with E-state index >= 15 is 4.39 Å². The van der Waals surface area contributed by atoms with E-state index in [9.17, 15) is 19.1 Å². The van der Waals surface area contributed by atoms with Gasteiger partial charge < -0.3 is 14.1 Å². The monoisotopic (exact) mass is 457 g/mol. The number of Topliss-reactive ketones (excluding diaryl/α,β-unsaturated/α-hetero) is 1. The lowest BCUT2D eigenvalue weighted by Gasteiger charge is -2.13. The summed E-state index contributed by atoms with van der Waals surface area (Å²) < 4.78 is 36.9. The van der Waals surface area contributed by atoms with Gasteiger partial charge in [0.15, 0.2) is 5.78 Å². The molecule has 0 spiro atoms. The number of benzene rings is 2. The number of carbonyl (C=O) groups is 2. The molecule has 168 valence electrons. The van der Waals surface area contributed by atoms with Crippen LogP contribution in [0.2, 0.25) is 0 Å². The molecule has 5 nitrogen and oxygen atoms in total. The molecule has 2 aliphatic carbocycles. The zero-order chi connectivity index (χ0) is 23.6. The fraction of sp³-hybridized carbons (Fsp3) is 0.111. The van der Waals surface area contributed by atoms with E-state index in [2.05, 4.69) is 0 Å². The Morgan fingerprint density at radius 2 is 1.97 bits per heavy atom. The topological polar surface area (TPSA) is 72.4 Å². The number of rotatable bonds is 4. The highest BCUT2D eigenvalue weighted by molar-refractivity contribution is 6.29. The van der Waals surface area contributed by atoms with Crippen molar-refractivity contribution in [3.63, 3.8) is 0 Å². The fourth-order valence-electron chi connectivity index (χ4n) is 4.94. The highest BCUT2D eigenvalue weighted by atomic mass is 19.1. The number of carboxylic acids is 1. The van der Waals surface area contributed by atoms with E-state index in [1.54, 1.807) is 24.3 Å². The van der Waals surface area contributed by atoms with Gasteiger partial charge >= 0.3 is 5.97 Å². The molecule has 0 radical (unpaired) electrons. The van der Waals surface area contributed by atoms with Gasteiger partial charge in [-0.05, 0) is 35.7 Å². The highest BCUT2D eigenvalue weighted by Gasteiger charge is 2.31. The summed E-state index contributed by atoms with van der Waals surface area (Å²) in [4.78, 5) is 25.4. The van der Waals surface area contributed by atoms with Gasteiger partial charge in [-0.25, -0.2) is 13.6 Å². The Morgan fingerprint density at radius 1 is 1.12 bits per heavy atom. The van der Waals surface area contributed by atoms with E-state index in [4.69, 9.17) is 4.42 Å². The second-order valence-corrected chi connectivity index (χ2v) is 8.42. The number of furan rings is 1. The predicted octanol–water partition coefficient (Wildman–Crippen LogP) is 5.89. The molecule has 2 aromatic carbocycles. The van der Waals surface area contributed by atoms with E-state index in [-0.39, 0.29) is 57.6 Å². The quantitative estimate of drug-likeness (QED) is 0.415. The minimum atomic E-state index is -1.31. The smallest absolute Gasteiger partial charge is 0.353 e. The normalized spacial score (nSPS) is 14.9. The molecule has 0 bridgehead atoms. The lowest BCUT2D eigenvalue weighted by atomic mass is 9.93. The Kier molecular flexibility index (Phi) is 4.42. The van der Waals surface area contributed by atoms with Crippen molar-refractivity contribution in [2.24, 2.45) is 0 Å². The van der Waals surface area contributed by atoms with Crippen molar-refractivity contribution in [1.82, 2.24) is 4.57 Å². The van der Waals surface area contributed by atoms with Crippen LogP contribution in [0.5, 0.6) is 0 Å². The Balaban J connectivity index is 1.70. The Labute approximate surface area is 191 Å². The number of carboxylic acid groups (broad SMARTS) is 1. The van der Waals surface area contributed by atoms with Crippen molar-refractivity contribution in [2.75, 3.05) is 0 Å². The molecule has 0 amide bonds. The average molecular weight is 457 g/mol. The number of fused-ring (bicyclic) bond motifs is 4. The molecule has 0 saturated carbocycles. The van der Waals surface area contributed by atoms with Crippen molar-refractivity contribution in [3.8, 4) is 0 Å². The largest absolute Gasteiger partial charge is 0.477 e. The molecule has 0 saturated heterocycles. The summed E-state index contributed by atoms with van der Waals surface area (Å²) in [5.41, 5.74) is 2.49. The van der Waals surface area contributed by atoms with Crippen molar-refractivity contribution in [2.45, 2.75) is 19.4 Å². The maximum absolute atomic E-state index is 15.0. The van der Waals surface area contributed by atoms with Crippen LogP contribution in [0.1, 0.15) is 39.2 Å². The van der Waals surface area contributed by atoms with Gasteiger partial charge in [0.05, 0.1) is 29.1 Å². The van der Waals surface area contributed by atoms with Crippen LogP contribution in [-0.4, -0.2) is 21.4 Å². The van der Waals surface area contributed by atoms with Gasteiger partial charge in [0.25, 0.3) is 0 Å². The standard InChI is InChI=1S/C27H17F2NO4/c28-19-11-15-5-3-4-14(15)10-16(19)13-30-21-12-20(29)17-8-9-34-26(17)24(21)23(25(30)27(32)33)18-6-1-2-7-22(18)31/h1-3,5-6,8-12H,4,7,13H2,(H,32,33). The van der Waals surface area contributed by atoms with Crippen LogP contribution < -0.4 is 0 Å². The van der Waals surface area contributed by atoms with E-state index in [1.807, 2.05) is 12.2 Å². The number of carbonyl (C=O) groups excluding carboxylic acids is 1. The molecule has 34 heavy (non-hydrogen) atoms. The summed E-state index contributed by atoms with van der Waals surface area (Å²) in [6.45, 7) is -0.153. The van der Waals surface area contributed by atoms with Crippen LogP contribution in [0.3, 0.4) is 0 Å². The number of hydrogen-bond acceptors (Lipinski definition) is 3. The number of aromatic carboxylic acids is 1. The zero-order valence-corrected chi connectivity index (χ0v) is 17.8. The molecular formula is C27H17F2NO4. The van der Waals surface area contributed by atoms with Crippen LogP contribution in [0.15, 0.2) is 59.2 Å². The van der Waals surface area contributed by atoms with E-state index < -0.39 is 17.6 Å². The molecule has 6 rings (SSSR count). The van der Waals surface area contributed by atoms with E-state index in [0.717, 1.165) is 11.1 Å². The van der Waals surface area contributed by atoms with Crippen LogP contribution in [0, 0.1) is 11.6 Å².